The van der Waals surface area contributed by atoms with Crippen molar-refractivity contribution >= 4 is 12.2 Å². The fourth-order valence-corrected chi connectivity index (χ4v) is 1.99. The summed E-state index contributed by atoms with van der Waals surface area (Å²) < 4.78 is 0. The number of hydrogen-bond acceptors (Lipinski definition) is 1. The molecule has 0 spiro atoms. The number of imidazole rings is 1. The Balaban J connectivity index is 2.35. The van der Waals surface area contributed by atoms with E-state index in [1.165, 1.54) is 22.3 Å². The Morgan fingerprint density at radius 1 is 1.06 bits per heavy atom. The molecule has 0 atom stereocenters. The van der Waals surface area contributed by atoms with Gasteiger partial charge in [-0.1, -0.05) is 23.8 Å². The molecule has 0 amide bonds. The van der Waals surface area contributed by atoms with Crippen LogP contribution in [0.4, 0.5) is 0 Å². The molecule has 1 heterocycles. The van der Waals surface area contributed by atoms with Crippen LogP contribution in [-0.4, -0.2) is 9.97 Å². The first kappa shape index (κ1) is 10.7. The number of aryl methyl sites for hydroxylation is 3. The van der Waals surface area contributed by atoms with E-state index >= 15 is 0 Å². The van der Waals surface area contributed by atoms with E-state index < -0.39 is 0 Å². The average Bonchev–Trinajstić information content (AvgIpc) is 2.68. The van der Waals surface area contributed by atoms with Crippen LogP contribution in [0.1, 0.15) is 27.9 Å². The van der Waals surface area contributed by atoms with Crippen molar-refractivity contribution in [3.8, 4) is 0 Å². The van der Waals surface area contributed by atoms with E-state index in [9.17, 15) is 0 Å². The van der Waals surface area contributed by atoms with Crippen molar-refractivity contribution in [1.82, 2.24) is 9.97 Å². The quantitative estimate of drug-likeness (QED) is 0.810. The lowest BCUT2D eigenvalue weighted by molar-refractivity contribution is 1.30. The lowest BCUT2D eigenvalue weighted by Gasteiger charge is -2.06. The van der Waals surface area contributed by atoms with E-state index in [0.717, 1.165) is 5.69 Å². The Morgan fingerprint density at radius 2 is 1.75 bits per heavy atom. The summed E-state index contributed by atoms with van der Waals surface area (Å²) in [6, 6.07) is 4.41. The molecule has 2 rings (SSSR count). The highest BCUT2D eigenvalue weighted by atomic mass is 14.8. The summed E-state index contributed by atoms with van der Waals surface area (Å²) in [5, 5.41) is 0. The standard InChI is InChI=1S/C14H16N2/c1-10-6-11(2)14(12(3)7-10)5-4-13-8-15-9-16-13/h4-9H,1-3H3,(H,15,16). The highest BCUT2D eigenvalue weighted by molar-refractivity contribution is 5.71. The molecule has 1 aromatic carbocycles. The third-order valence-electron chi connectivity index (χ3n) is 2.68. The van der Waals surface area contributed by atoms with E-state index in [1.807, 2.05) is 12.3 Å². The molecule has 0 fully saturated rings. The van der Waals surface area contributed by atoms with E-state index in [2.05, 4.69) is 48.9 Å². The van der Waals surface area contributed by atoms with Gasteiger partial charge in [-0.15, -0.1) is 0 Å². The number of rotatable bonds is 2. The maximum Gasteiger partial charge on any atom is 0.0927 e. The molecule has 2 nitrogen and oxygen atoms in total. The summed E-state index contributed by atoms with van der Waals surface area (Å²) >= 11 is 0. The van der Waals surface area contributed by atoms with E-state index in [1.54, 1.807) is 6.33 Å². The Morgan fingerprint density at radius 3 is 2.31 bits per heavy atom. The van der Waals surface area contributed by atoms with Crippen LogP contribution in [0, 0.1) is 20.8 Å². The minimum absolute atomic E-state index is 0.958. The van der Waals surface area contributed by atoms with Crippen molar-refractivity contribution in [2.24, 2.45) is 0 Å². The third kappa shape index (κ3) is 2.22. The topological polar surface area (TPSA) is 28.7 Å². The maximum absolute atomic E-state index is 4.17. The van der Waals surface area contributed by atoms with Gasteiger partial charge in [0, 0.05) is 6.20 Å². The zero-order valence-electron chi connectivity index (χ0n) is 9.91. The average molecular weight is 212 g/mol. The molecule has 1 aromatic heterocycles. The monoisotopic (exact) mass is 212 g/mol. The number of benzene rings is 1. The Bertz CT molecular complexity index is 485. The first-order valence-electron chi connectivity index (χ1n) is 5.41. The number of nitrogens with one attached hydrogen (secondary N) is 1. The second-order valence-corrected chi connectivity index (χ2v) is 4.14. The fraction of sp³-hybridized carbons (Fsp3) is 0.214. The van der Waals surface area contributed by atoms with Gasteiger partial charge in [0.25, 0.3) is 0 Å². The zero-order chi connectivity index (χ0) is 11.5. The lowest BCUT2D eigenvalue weighted by Crippen LogP contribution is -1.88. The van der Waals surface area contributed by atoms with Crippen molar-refractivity contribution in [1.29, 1.82) is 0 Å². The molecule has 2 heteroatoms. The smallest absolute Gasteiger partial charge is 0.0927 e. The summed E-state index contributed by atoms with van der Waals surface area (Å²) in [5.41, 5.74) is 6.17. The Kier molecular flexibility index (Phi) is 2.91. The van der Waals surface area contributed by atoms with Crippen LogP contribution in [0.15, 0.2) is 24.7 Å². The molecular weight excluding hydrogens is 196 g/mol. The molecule has 82 valence electrons. The molecule has 0 bridgehead atoms. The highest BCUT2D eigenvalue weighted by Crippen LogP contribution is 2.18. The highest BCUT2D eigenvalue weighted by Gasteiger charge is 2.00. The normalized spacial score (nSPS) is 11.2. The number of aromatic nitrogens is 2. The van der Waals surface area contributed by atoms with Crippen LogP contribution in [0.3, 0.4) is 0 Å². The molecule has 0 saturated carbocycles. The SMILES string of the molecule is Cc1cc(C)c(C=Cc2c[nH]cn2)c(C)c1. The molecule has 0 saturated heterocycles. The van der Waals surface area contributed by atoms with Gasteiger partial charge in [0.05, 0.1) is 12.0 Å². The van der Waals surface area contributed by atoms with E-state index in [-0.39, 0.29) is 0 Å². The van der Waals surface area contributed by atoms with Crippen molar-refractivity contribution in [2.75, 3.05) is 0 Å². The number of H-pyrrole nitrogens is 1. The molecule has 2 aromatic rings. The summed E-state index contributed by atoms with van der Waals surface area (Å²) in [4.78, 5) is 7.11. The van der Waals surface area contributed by atoms with Gasteiger partial charge in [-0.25, -0.2) is 4.98 Å². The second-order valence-electron chi connectivity index (χ2n) is 4.14. The summed E-state index contributed by atoms with van der Waals surface area (Å²) in [6.07, 6.45) is 7.73. The van der Waals surface area contributed by atoms with Crippen LogP contribution in [0.5, 0.6) is 0 Å². The fourth-order valence-electron chi connectivity index (χ4n) is 1.99. The summed E-state index contributed by atoms with van der Waals surface area (Å²) in [6.45, 7) is 6.41. The van der Waals surface area contributed by atoms with Crippen LogP contribution in [0.25, 0.3) is 12.2 Å². The minimum atomic E-state index is 0.958. The summed E-state index contributed by atoms with van der Waals surface area (Å²) in [7, 11) is 0. The maximum atomic E-state index is 4.17. The van der Waals surface area contributed by atoms with Crippen molar-refractivity contribution in [2.45, 2.75) is 20.8 Å². The predicted molar refractivity (Wildman–Crippen MR) is 68.2 cm³/mol. The van der Waals surface area contributed by atoms with Gasteiger partial charge >= 0.3 is 0 Å². The van der Waals surface area contributed by atoms with Gasteiger partial charge in [0.2, 0.25) is 0 Å². The first-order valence-corrected chi connectivity index (χ1v) is 5.41. The summed E-state index contributed by atoms with van der Waals surface area (Å²) in [5.74, 6) is 0. The van der Waals surface area contributed by atoms with Gasteiger partial charge in [0.15, 0.2) is 0 Å². The van der Waals surface area contributed by atoms with Crippen molar-refractivity contribution < 1.29 is 0 Å². The van der Waals surface area contributed by atoms with Crippen LogP contribution in [-0.2, 0) is 0 Å². The van der Waals surface area contributed by atoms with Crippen molar-refractivity contribution in [3.63, 3.8) is 0 Å². The predicted octanol–water partition coefficient (Wildman–Crippen LogP) is 3.51. The first-order chi connectivity index (χ1) is 7.66. The molecule has 0 radical (unpaired) electrons. The molecular formula is C14H16N2. The van der Waals surface area contributed by atoms with Crippen LogP contribution in [0.2, 0.25) is 0 Å². The van der Waals surface area contributed by atoms with Crippen LogP contribution >= 0.6 is 0 Å². The third-order valence-corrected chi connectivity index (χ3v) is 2.68. The van der Waals surface area contributed by atoms with Crippen molar-refractivity contribution in [3.05, 3.63) is 52.6 Å². The number of nitrogens with zero attached hydrogens (tertiary/aromatic N) is 1. The molecule has 0 aliphatic heterocycles. The van der Waals surface area contributed by atoms with E-state index in [0.29, 0.717) is 0 Å². The number of hydrogen-bond donors (Lipinski definition) is 1. The second kappa shape index (κ2) is 4.35. The number of aromatic amines is 1. The minimum Gasteiger partial charge on any atom is -0.351 e. The van der Waals surface area contributed by atoms with Gasteiger partial charge in [-0.3, -0.25) is 0 Å². The molecule has 1 N–H and O–H groups in total. The van der Waals surface area contributed by atoms with Crippen LogP contribution < -0.4 is 0 Å². The van der Waals surface area contributed by atoms with Gasteiger partial charge < -0.3 is 4.98 Å². The molecule has 0 aliphatic carbocycles. The van der Waals surface area contributed by atoms with Gasteiger partial charge in [-0.05, 0) is 43.5 Å². The van der Waals surface area contributed by atoms with Gasteiger partial charge in [0.1, 0.15) is 0 Å². The van der Waals surface area contributed by atoms with Gasteiger partial charge in [-0.2, -0.15) is 0 Å². The van der Waals surface area contributed by atoms with E-state index in [4.69, 9.17) is 0 Å². The largest absolute Gasteiger partial charge is 0.351 e. The Hall–Kier alpha value is -1.83. The molecule has 16 heavy (non-hydrogen) atoms. The molecule has 0 unspecified atom stereocenters. The Labute approximate surface area is 96.1 Å². The lowest BCUT2D eigenvalue weighted by atomic mass is 9.99. The zero-order valence-corrected chi connectivity index (χ0v) is 9.91. The molecule has 0 aliphatic rings.